The van der Waals surface area contributed by atoms with Gasteiger partial charge >= 0.3 is 5.97 Å². The van der Waals surface area contributed by atoms with Gasteiger partial charge in [0.25, 0.3) is 0 Å². The van der Waals surface area contributed by atoms with E-state index >= 15 is 0 Å². The maximum Gasteiger partial charge on any atom is 0.338 e. The summed E-state index contributed by atoms with van der Waals surface area (Å²) >= 11 is 0. The fraction of sp³-hybridized carbons (Fsp3) is 0.562. The van der Waals surface area contributed by atoms with Crippen molar-refractivity contribution in [2.45, 2.75) is 46.5 Å². The van der Waals surface area contributed by atoms with Gasteiger partial charge in [-0.25, -0.2) is 4.79 Å². The van der Waals surface area contributed by atoms with Crippen molar-refractivity contribution in [2.24, 2.45) is 0 Å². The highest BCUT2D eigenvalue weighted by molar-refractivity contribution is 5.90. The molecular formula is C16H24O3. The van der Waals surface area contributed by atoms with Crippen LogP contribution in [0.5, 0.6) is 5.75 Å². The van der Waals surface area contributed by atoms with E-state index < -0.39 is 0 Å². The molecule has 3 nitrogen and oxygen atoms in total. The van der Waals surface area contributed by atoms with Crippen LogP contribution >= 0.6 is 0 Å². The van der Waals surface area contributed by atoms with Crippen molar-refractivity contribution in [3.8, 4) is 5.75 Å². The van der Waals surface area contributed by atoms with E-state index in [1.807, 2.05) is 12.1 Å². The number of rotatable bonds is 5. The van der Waals surface area contributed by atoms with Gasteiger partial charge in [-0.15, -0.1) is 0 Å². The molecule has 0 radical (unpaired) electrons. The monoisotopic (exact) mass is 264 g/mol. The van der Waals surface area contributed by atoms with Crippen molar-refractivity contribution in [3.05, 3.63) is 29.3 Å². The number of hydrogen-bond donors (Lipinski definition) is 0. The van der Waals surface area contributed by atoms with Crippen molar-refractivity contribution in [2.75, 3.05) is 13.2 Å². The Morgan fingerprint density at radius 3 is 2.42 bits per heavy atom. The summed E-state index contributed by atoms with van der Waals surface area (Å²) in [6.07, 6.45) is 0.962. The first-order chi connectivity index (χ1) is 8.90. The van der Waals surface area contributed by atoms with Crippen LogP contribution in [0.1, 0.15) is 57.0 Å². The molecule has 3 heteroatoms. The molecule has 0 spiro atoms. The number of hydrogen-bond acceptors (Lipinski definition) is 3. The molecule has 0 aliphatic rings. The molecule has 0 aliphatic carbocycles. The topological polar surface area (TPSA) is 35.5 Å². The van der Waals surface area contributed by atoms with E-state index in [2.05, 4.69) is 27.7 Å². The Labute approximate surface area is 115 Å². The molecule has 0 fully saturated rings. The molecule has 1 rings (SSSR count). The molecule has 0 aromatic heterocycles. The van der Waals surface area contributed by atoms with E-state index in [4.69, 9.17) is 9.47 Å². The summed E-state index contributed by atoms with van der Waals surface area (Å²) in [4.78, 5) is 11.8. The van der Waals surface area contributed by atoms with Crippen molar-refractivity contribution < 1.29 is 14.3 Å². The van der Waals surface area contributed by atoms with Crippen LogP contribution in [-0.4, -0.2) is 19.2 Å². The van der Waals surface area contributed by atoms with Crippen LogP contribution in [-0.2, 0) is 10.2 Å². The fourth-order valence-corrected chi connectivity index (χ4v) is 1.80. The van der Waals surface area contributed by atoms with E-state index in [1.165, 1.54) is 0 Å². The fourth-order valence-electron chi connectivity index (χ4n) is 1.80. The third-order valence-electron chi connectivity index (χ3n) is 2.76. The lowest BCUT2D eigenvalue weighted by Gasteiger charge is -2.23. The Kier molecular flexibility index (Phi) is 5.40. The Bertz CT molecular complexity index is 430. The zero-order valence-electron chi connectivity index (χ0n) is 12.6. The maximum absolute atomic E-state index is 11.8. The Morgan fingerprint density at radius 2 is 1.89 bits per heavy atom. The van der Waals surface area contributed by atoms with E-state index in [9.17, 15) is 4.79 Å². The van der Waals surface area contributed by atoms with Gasteiger partial charge in [-0.05, 0) is 37.0 Å². The summed E-state index contributed by atoms with van der Waals surface area (Å²) in [5.74, 6) is 0.567. The summed E-state index contributed by atoms with van der Waals surface area (Å²) in [7, 11) is 0. The van der Waals surface area contributed by atoms with Gasteiger partial charge in [0.05, 0.1) is 18.8 Å². The van der Waals surface area contributed by atoms with Crippen LogP contribution in [0.3, 0.4) is 0 Å². The molecule has 1 aromatic rings. The van der Waals surface area contributed by atoms with Crippen molar-refractivity contribution in [3.63, 3.8) is 0 Å². The molecule has 0 saturated heterocycles. The Balaban J connectivity index is 3.12. The molecule has 0 heterocycles. The van der Waals surface area contributed by atoms with Crippen LogP contribution in [0.15, 0.2) is 18.2 Å². The highest BCUT2D eigenvalue weighted by Crippen LogP contribution is 2.32. The summed E-state index contributed by atoms with van der Waals surface area (Å²) < 4.78 is 10.8. The maximum atomic E-state index is 11.8. The van der Waals surface area contributed by atoms with Crippen LogP contribution in [0.4, 0.5) is 0 Å². The normalized spacial score (nSPS) is 11.2. The molecule has 19 heavy (non-hydrogen) atoms. The van der Waals surface area contributed by atoms with E-state index in [0.717, 1.165) is 17.7 Å². The van der Waals surface area contributed by atoms with E-state index in [-0.39, 0.29) is 11.4 Å². The Morgan fingerprint density at radius 1 is 1.21 bits per heavy atom. The van der Waals surface area contributed by atoms with E-state index in [0.29, 0.717) is 18.8 Å². The van der Waals surface area contributed by atoms with Crippen molar-refractivity contribution in [1.82, 2.24) is 0 Å². The summed E-state index contributed by atoms with van der Waals surface area (Å²) in [5, 5.41) is 0. The molecule has 0 amide bonds. The predicted octanol–water partition coefficient (Wildman–Crippen LogP) is 3.95. The van der Waals surface area contributed by atoms with Gasteiger partial charge in [-0.1, -0.05) is 27.7 Å². The van der Waals surface area contributed by atoms with Crippen LogP contribution in [0.2, 0.25) is 0 Å². The molecule has 0 atom stereocenters. The second-order valence-corrected chi connectivity index (χ2v) is 5.53. The van der Waals surface area contributed by atoms with Crippen LogP contribution in [0.25, 0.3) is 0 Å². The zero-order chi connectivity index (χ0) is 14.5. The largest absolute Gasteiger partial charge is 0.493 e. The lowest BCUT2D eigenvalue weighted by Crippen LogP contribution is -2.15. The van der Waals surface area contributed by atoms with Gasteiger partial charge in [0, 0.05) is 5.56 Å². The van der Waals surface area contributed by atoms with Gasteiger partial charge in [0.1, 0.15) is 5.75 Å². The molecule has 0 saturated carbocycles. The van der Waals surface area contributed by atoms with Crippen molar-refractivity contribution >= 4 is 5.97 Å². The third-order valence-corrected chi connectivity index (χ3v) is 2.76. The molecule has 0 aliphatic heterocycles. The highest BCUT2D eigenvalue weighted by Gasteiger charge is 2.21. The van der Waals surface area contributed by atoms with Crippen LogP contribution in [0, 0.1) is 0 Å². The minimum atomic E-state index is -0.282. The summed E-state index contributed by atoms with van der Waals surface area (Å²) in [5.41, 5.74) is 1.54. The molecular weight excluding hydrogens is 240 g/mol. The quantitative estimate of drug-likeness (QED) is 0.755. The highest BCUT2D eigenvalue weighted by atomic mass is 16.5. The van der Waals surface area contributed by atoms with Gasteiger partial charge in [-0.2, -0.15) is 0 Å². The first-order valence-electron chi connectivity index (χ1n) is 6.84. The number of carbonyl (C=O) groups is 1. The van der Waals surface area contributed by atoms with Gasteiger partial charge in [-0.3, -0.25) is 0 Å². The molecule has 0 unspecified atom stereocenters. The second kappa shape index (κ2) is 6.60. The zero-order valence-corrected chi connectivity index (χ0v) is 12.6. The second-order valence-electron chi connectivity index (χ2n) is 5.53. The predicted molar refractivity (Wildman–Crippen MR) is 76.9 cm³/mol. The Hall–Kier alpha value is -1.51. The van der Waals surface area contributed by atoms with Gasteiger partial charge in [0.2, 0.25) is 0 Å². The van der Waals surface area contributed by atoms with E-state index in [1.54, 1.807) is 13.0 Å². The molecule has 0 N–H and O–H groups in total. The SMILES string of the molecule is CCCOc1ccc(C(=O)OCC)cc1C(C)(C)C. The first-order valence-corrected chi connectivity index (χ1v) is 6.84. The standard InChI is InChI=1S/C16H24O3/c1-6-10-19-14-9-8-12(15(17)18-7-2)11-13(14)16(3,4)5/h8-9,11H,6-7,10H2,1-5H3. The summed E-state index contributed by atoms with van der Waals surface area (Å²) in [6, 6.07) is 5.50. The lowest BCUT2D eigenvalue weighted by atomic mass is 9.85. The van der Waals surface area contributed by atoms with Gasteiger partial charge < -0.3 is 9.47 Å². The number of benzene rings is 1. The van der Waals surface area contributed by atoms with Crippen molar-refractivity contribution in [1.29, 1.82) is 0 Å². The smallest absolute Gasteiger partial charge is 0.338 e. The lowest BCUT2D eigenvalue weighted by molar-refractivity contribution is 0.0526. The molecule has 0 bridgehead atoms. The van der Waals surface area contributed by atoms with Gasteiger partial charge in [0.15, 0.2) is 0 Å². The summed E-state index contributed by atoms with van der Waals surface area (Å²) in [6.45, 7) is 11.3. The molecule has 1 aromatic carbocycles. The first kappa shape index (κ1) is 15.5. The van der Waals surface area contributed by atoms with Crippen LogP contribution < -0.4 is 4.74 Å². The number of esters is 1. The minimum absolute atomic E-state index is 0.0778. The average molecular weight is 264 g/mol. The molecule has 106 valence electrons. The number of carbonyl (C=O) groups excluding carboxylic acids is 1. The third kappa shape index (κ3) is 4.27. The minimum Gasteiger partial charge on any atom is -0.493 e. The number of ether oxygens (including phenoxy) is 2. The average Bonchev–Trinajstić information content (AvgIpc) is 2.35.